The van der Waals surface area contributed by atoms with Gasteiger partial charge in [-0.1, -0.05) is 6.08 Å². The van der Waals surface area contributed by atoms with Crippen molar-refractivity contribution in [2.24, 2.45) is 0 Å². The average Bonchev–Trinajstić information content (AvgIpc) is 2.74. The molecule has 0 radical (unpaired) electrons. The quantitative estimate of drug-likeness (QED) is 0.662. The van der Waals surface area contributed by atoms with Crippen LogP contribution in [0.4, 0.5) is 0 Å². The summed E-state index contributed by atoms with van der Waals surface area (Å²) in [6.45, 7) is 3.11. The first-order chi connectivity index (χ1) is 7.27. The fourth-order valence-corrected chi connectivity index (χ4v) is 2.70. The van der Waals surface area contributed by atoms with E-state index in [0.29, 0.717) is 18.6 Å². The molecule has 2 aliphatic rings. The van der Waals surface area contributed by atoms with Gasteiger partial charge in [-0.05, 0) is 25.8 Å². The number of carbonyl (C=O) groups is 1. The van der Waals surface area contributed by atoms with Crippen molar-refractivity contribution in [1.82, 2.24) is 10.2 Å². The molecule has 0 spiro atoms. The maximum absolute atomic E-state index is 10.3. The first-order valence-corrected chi connectivity index (χ1v) is 5.64. The van der Waals surface area contributed by atoms with Crippen LogP contribution in [0.3, 0.4) is 0 Å². The van der Waals surface area contributed by atoms with E-state index in [2.05, 4.69) is 10.2 Å². The number of rotatable bonds is 4. The molecule has 2 atom stereocenters. The largest absolute Gasteiger partial charge is 0.478 e. The van der Waals surface area contributed by atoms with Gasteiger partial charge >= 0.3 is 5.97 Å². The molecule has 4 nitrogen and oxygen atoms in total. The monoisotopic (exact) mass is 210 g/mol. The van der Waals surface area contributed by atoms with Gasteiger partial charge in [0.25, 0.3) is 0 Å². The second kappa shape index (κ2) is 4.77. The lowest BCUT2D eigenvalue weighted by molar-refractivity contribution is -0.131. The smallest absolute Gasteiger partial charge is 0.328 e. The Morgan fingerprint density at radius 1 is 1.47 bits per heavy atom. The summed E-state index contributed by atoms with van der Waals surface area (Å²) in [6, 6.07) is 1.26. The maximum atomic E-state index is 10.3. The Labute approximate surface area is 90.0 Å². The molecule has 0 aromatic rings. The zero-order valence-electron chi connectivity index (χ0n) is 8.85. The molecular weight excluding hydrogens is 192 g/mol. The summed E-state index contributed by atoms with van der Waals surface area (Å²) in [5, 5.41) is 11.8. The average molecular weight is 210 g/mol. The molecule has 2 aliphatic heterocycles. The molecule has 0 amide bonds. The van der Waals surface area contributed by atoms with Gasteiger partial charge in [0, 0.05) is 31.2 Å². The Balaban J connectivity index is 1.73. The SMILES string of the molecule is O=C(O)/C=C/CNC1CCN2CCCC12. The van der Waals surface area contributed by atoms with Crippen LogP contribution < -0.4 is 5.32 Å². The minimum absolute atomic E-state index is 0.561. The third kappa shape index (κ3) is 2.58. The standard InChI is InChI=1S/C11H18N2O2/c14-11(15)4-1-6-12-9-5-8-13-7-2-3-10(9)13/h1,4,9-10,12H,2-3,5-8H2,(H,14,15)/b4-1+. The van der Waals surface area contributed by atoms with E-state index in [1.54, 1.807) is 6.08 Å². The van der Waals surface area contributed by atoms with Crippen LogP contribution in [0.25, 0.3) is 0 Å². The van der Waals surface area contributed by atoms with Crippen molar-refractivity contribution in [2.45, 2.75) is 31.3 Å². The van der Waals surface area contributed by atoms with Crippen molar-refractivity contribution < 1.29 is 9.90 Å². The van der Waals surface area contributed by atoms with Crippen LogP contribution in [0, 0.1) is 0 Å². The summed E-state index contributed by atoms with van der Waals surface area (Å²) in [5.74, 6) is -0.870. The lowest BCUT2D eigenvalue weighted by atomic mass is 10.1. The van der Waals surface area contributed by atoms with Gasteiger partial charge in [-0.25, -0.2) is 4.79 Å². The summed E-state index contributed by atoms with van der Waals surface area (Å²) in [7, 11) is 0. The number of nitrogens with zero attached hydrogens (tertiary/aromatic N) is 1. The first-order valence-electron chi connectivity index (χ1n) is 5.64. The summed E-state index contributed by atoms with van der Waals surface area (Å²) < 4.78 is 0. The van der Waals surface area contributed by atoms with E-state index in [0.717, 1.165) is 0 Å². The molecule has 0 aliphatic carbocycles. The van der Waals surface area contributed by atoms with Crippen LogP contribution in [0.15, 0.2) is 12.2 Å². The van der Waals surface area contributed by atoms with Crippen molar-refractivity contribution in [2.75, 3.05) is 19.6 Å². The summed E-state index contributed by atoms with van der Waals surface area (Å²) in [4.78, 5) is 12.8. The molecule has 2 unspecified atom stereocenters. The van der Waals surface area contributed by atoms with Crippen molar-refractivity contribution >= 4 is 5.97 Å². The first kappa shape index (κ1) is 10.6. The fraction of sp³-hybridized carbons (Fsp3) is 0.727. The van der Waals surface area contributed by atoms with Crippen molar-refractivity contribution in [3.8, 4) is 0 Å². The van der Waals surface area contributed by atoms with Crippen molar-refractivity contribution in [3.63, 3.8) is 0 Å². The van der Waals surface area contributed by atoms with E-state index in [9.17, 15) is 4.79 Å². The second-order valence-electron chi connectivity index (χ2n) is 4.29. The molecule has 0 saturated carbocycles. The van der Waals surface area contributed by atoms with E-state index in [1.165, 1.54) is 38.4 Å². The van der Waals surface area contributed by atoms with Crippen LogP contribution in [-0.2, 0) is 4.79 Å². The Kier molecular flexibility index (Phi) is 3.38. The topological polar surface area (TPSA) is 52.6 Å². The van der Waals surface area contributed by atoms with Gasteiger partial charge in [-0.15, -0.1) is 0 Å². The molecule has 2 heterocycles. The molecule has 2 N–H and O–H groups in total. The van der Waals surface area contributed by atoms with Crippen LogP contribution in [0.1, 0.15) is 19.3 Å². The van der Waals surface area contributed by atoms with Crippen LogP contribution >= 0.6 is 0 Å². The number of hydrogen-bond acceptors (Lipinski definition) is 3. The molecule has 0 bridgehead atoms. The zero-order chi connectivity index (χ0) is 10.7. The van der Waals surface area contributed by atoms with E-state index >= 15 is 0 Å². The molecule has 4 heteroatoms. The molecule has 2 rings (SSSR count). The van der Waals surface area contributed by atoms with Gasteiger partial charge in [0.1, 0.15) is 0 Å². The highest BCUT2D eigenvalue weighted by Crippen LogP contribution is 2.27. The lowest BCUT2D eigenvalue weighted by Gasteiger charge is -2.20. The van der Waals surface area contributed by atoms with Gasteiger partial charge in [0.2, 0.25) is 0 Å². The maximum Gasteiger partial charge on any atom is 0.328 e. The van der Waals surface area contributed by atoms with E-state index in [4.69, 9.17) is 5.11 Å². The predicted molar refractivity (Wildman–Crippen MR) is 57.8 cm³/mol. The van der Waals surface area contributed by atoms with E-state index in [1.807, 2.05) is 0 Å². The molecule has 0 aromatic carbocycles. The zero-order valence-corrected chi connectivity index (χ0v) is 8.85. The number of fused-ring (bicyclic) bond motifs is 1. The molecule has 2 saturated heterocycles. The minimum Gasteiger partial charge on any atom is -0.478 e. The van der Waals surface area contributed by atoms with Gasteiger partial charge in [-0.2, -0.15) is 0 Å². The molecule has 84 valence electrons. The third-order valence-corrected chi connectivity index (χ3v) is 3.36. The molecular formula is C11H18N2O2. The Hall–Kier alpha value is -0.870. The van der Waals surface area contributed by atoms with Crippen LogP contribution in [0.2, 0.25) is 0 Å². The second-order valence-corrected chi connectivity index (χ2v) is 4.29. The number of hydrogen-bond donors (Lipinski definition) is 2. The van der Waals surface area contributed by atoms with Gasteiger partial charge in [-0.3, -0.25) is 4.90 Å². The summed E-state index contributed by atoms with van der Waals surface area (Å²) in [5.41, 5.74) is 0. The Bertz CT molecular complexity index is 265. The number of carboxylic acids is 1. The van der Waals surface area contributed by atoms with Gasteiger partial charge in [0.15, 0.2) is 0 Å². The van der Waals surface area contributed by atoms with Crippen molar-refractivity contribution in [1.29, 1.82) is 0 Å². The molecule has 2 fully saturated rings. The molecule has 0 aromatic heterocycles. The number of nitrogens with one attached hydrogen (secondary N) is 1. The van der Waals surface area contributed by atoms with E-state index < -0.39 is 5.97 Å². The summed E-state index contributed by atoms with van der Waals surface area (Å²) in [6.07, 6.45) is 6.69. The third-order valence-electron chi connectivity index (χ3n) is 3.36. The van der Waals surface area contributed by atoms with Crippen molar-refractivity contribution in [3.05, 3.63) is 12.2 Å². The number of carboxylic acid groups (broad SMARTS) is 1. The summed E-state index contributed by atoms with van der Waals surface area (Å²) >= 11 is 0. The van der Waals surface area contributed by atoms with Gasteiger partial charge < -0.3 is 10.4 Å². The number of aliphatic carboxylic acids is 1. The van der Waals surface area contributed by atoms with Crippen LogP contribution in [0.5, 0.6) is 0 Å². The highest BCUT2D eigenvalue weighted by atomic mass is 16.4. The molecule has 15 heavy (non-hydrogen) atoms. The van der Waals surface area contributed by atoms with E-state index in [-0.39, 0.29) is 0 Å². The lowest BCUT2D eigenvalue weighted by Crippen LogP contribution is -2.39. The predicted octanol–water partition coefficient (Wildman–Crippen LogP) is 0.454. The minimum atomic E-state index is -0.870. The fourth-order valence-electron chi connectivity index (χ4n) is 2.70. The Morgan fingerprint density at radius 2 is 2.33 bits per heavy atom. The Morgan fingerprint density at radius 3 is 3.13 bits per heavy atom. The van der Waals surface area contributed by atoms with Crippen LogP contribution in [-0.4, -0.2) is 47.7 Å². The highest BCUT2D eigenvalue weighted by Gasteiger charge is 2.36. The van der Waals surface area contributed by atoms with Gasteiger partial charge in [0.05, 0.1) is 0 Å². The normalized spacial score (nSPS) is 31.2. The highest BCUT2D eigenvalue weighted by molar-refractivity contribution is 5.79.